The molecule has 1 aliphatic heterocycles. The highest BCUT2D eigenvalue weighted by Gasteiger charge is 2.35. The van der Waals surface area contributed by atoms with Crippen molar-refractivity contribution in [3.63, 3.8) is 0 Å². The predicted molar refractivity (Wildman–Crippen MR) is 87.2 cm³/mol. The molecular weight excluding hydrogens is 302 g/mol. The molecule has 1 aliphatic rings. The second kappa shape index (κ2) is 6.79. The second-order valence-corrected chi connectivity index (χ2v) is 5.59. The topological polar surface area (TPSA) is 46.6 Å². The predicted octanol–water partition coefficient (Wildman–Crippen LogP) is 3.89. The molecule has 116 valence electrons. The fourth-order valence-corrected chi connectivity index (χ4v) is 2.35. The van der Waals surface area contributed by atoms with Crippen molar-refractivity contribution in [2.75, 3.05) is 11.5 Å². The first-order valence-corrected chi connectivity index (χ1v) is 7.40. The molecule has 5 heteroatoms. The zero-order valence-electron chi connectivity index (χ0n) is 12.9. The summed E-state index contributed by atoms with van der Waals surface area (Å²) in [6, 6.07) is 4.90. The molecule has 0 bridgehead atoms. The fourth-order valence-electron chi connectivity index (χ4n) is 2.18. The lowest BCUT2D eigenvalue weighted by Gasteiger charge is -2.16. The maximum absolute atomic E-state index is 12.4. The number of amides is 2. The van der Waals surface area contributed by atoms with Crippen LogP contribution in [0.1, 0.15) is 27.2 Å². The first-order chi connectivity index (χ1) is 10.5. The van der Waals surface area contributed by atoms with Gasteiger partial charge in [0, 0.05) is 11.6 Å². The number of benzene rings is 1. The molecule has 2 rings (SSSR count). The number of nitrogens with zero attached hydrogens (tertiary/aromatic N) is 1. The minimum absolute atomic E-state index is 0.137. The molecule has 4 nitrogen and oxygen atoms in total. The van der Waals surface area contributed by atoms with Crippen LogP contribution in [0.15, 0.2) is 41.5 Å². The van der Waals surface area contributed by atoms with Crippen molar-refractivity contribution in [3.8, 4) is 5.75 Å². The van der Waals surface area contributed by atoms with E-state index in [0.29, 0.717) is 28.6 Å². The second-order valence-electron chi connectivity index (χ2n) is 5.18. The summed E-state index contributed by atoms with van der Waals surface area (Å²) in [7, 11) is 0. The smallest absolute Gasteiger partial charge is 0.261 e. The van der Waals surface area contributed by atoms with Crippen LogP contribution in [0.25, 0.3) is 0 Å². The van der Waals surface area contributed by atoms with Gasteiger partial charge in [-0.15, -0.1) is 0 Å². The van der Waals surface area contributed by atoms with Crippen molar-refractivity contribution < 1.29 is 14.3 Å². The van der Waals surface area contributed by atoms with Crippen LogP contribution in [0.4, 0.5) is 5.69 Å². The van der Waals surface area contributed by atoms with Crippen molar-refractivity contribution >= 4 is 29.1 Å². The van der Waals surface area contributed by atoms with E-state index < -0.39 is 0 Å². The molecule has 0 spiro atoms. The van der Waals surface area contributed by atoms with Crippen molar-refractivity contribution in [1.82, 2.24) is 0 Å². The summed E-state index contributed by atoms with van der Waals surface area (Å²) in [5.41, 5.74) is 1.89. The van der Waals surface area contributed by atoms with Gasteiger partial charge in [0.15, 0.2) is 0 Å². The standard InChI is InChI=1S/C17H18ClNO3/c1-4-5-8-22-15-9-12(6-7-14(15)18)19-16(20)10-13(11(2)3)17(19)21/h4-7,9H,8,10H2,1-3H3/b5-4+. The Balaban J connectivity index is 2.33. The van der Waals surface area contributed by atoms with Gasteiger partial charge in [0.25, 0.3) is 5.91 Å². The highest BCUT2D eigenvalue weighted by atomic mass is 35.5. The Morgan fingerprint density at radius 2 is 2.09 bits per heavy atom. The number of carbonyl (C=O) groups is 2. The number of rotatable bonds is 4. The van der Waals surface area contributed by atoms with Crippen LogP contribution in [0.3, 0.4) is 0 Å². The third kappa shape index (κ3) is 3.22. The van der Waals surface area contributed by atoms with E-state index in [1.165, 1.54) is 4.90 Å². The van der Waals surface area contributed by atoms with E-state index in [-0.39, 0.29) is 18.2 Å². The monoisotopic (exact) mass is 319 g/mol. The highest BCUT2D eigenvalue weighted by Crippen LogP contribution is 2.33. The number of hydrogen-bond donors (Lipinski definition) is 0. The van der Waals surface area contributed by atoms with Gasteiger partial charge in [-0.1, -0.05) is 29.3 Å². The van der Waals surface area contributed by atoms with Gasteiger partial charge in [-0.05, 0) is 32.9 Å². The molecule has 0 radical (unpaired) electrons. The fraction of sp³-hybridized carbons (Fsp3) is 0.294. The van der Waals surface area contributed by atoms with Gasteiger partial charge in [-0.3, -0.25) is 9.59 Å². The van der Waals surface area contributed by atoms with Crippen LogP contribution < -0.4 is 9.64 Å². The van der Waals surface area contributed by atoms with Crippen LogP contribution in [0, 0.1) is 0 Å². The lowest BCUT2D eigenvalue weighted by atomic mass is 10.1. The maximum Gasteiger partial charge on any atom is 0.261 e. The van der Waals surface area contributed by atoms with E-state index in [2.05, 4.69) is 0 Å². The molecule has 2 amide bonds. The SMILES string of the molecule is C/C=C/COc1cc(N2C(=O)CC(=C(C)C)C2=O)ccc1Cl. The number of anilines is 1. The third-order valence-corrected chi connectivity index (χ3v) is 3.70. The Hall–Kier alpha value is -2.07. The Kier molecular flexibility index (Phi) is 5.03. The first-order valence-electron chi connectivity index (χ1n) is 7.02. The number of imide groups is 1. The van der Waals surface area contributed by atoms with Crippen LogP contribution in [0.2, 0.25) is 5.02 Å². The van der Waals surface area contributed by atoms with Gasteiger partial charge in [0.1, 0.15) is 12.4 Å². The first kappa shape index (κ1) is 16.3. The highest BCUT2D eigenvalue weighted by molar-refractivity contribution is 6.32. The van der Waals surface area contributed by atoms with E-state index in [1.807, 2.05) is 32.9 Å². The normalized spacial score (nSPS) is 15.1. The Morgan fingerprint density at radius 1 is 1.36 bits per heavy atom. The summed E-state index contributed by atoms with van der Waals surface area (Å²) in [5, 5.41) is 0.440. The van der Waals surface area contributed by atoms with Crippen LogP contribution in [-0.4, -0.2) is 18.4 Å². The molecule has 0 aromatic heterocycles. The van der Waals surface area contributed by atoms with Crippen molar-refractivity contribution in [3.05, 3.63) is 46.5 Å². The molecule has 22 heavy (non-hydrogen) atoms. The summed E-state index contributed by atoms with van der Waals surface area (Å²) in [5.74, 6) is -0.0573. The van der Waals surface area contributed by atoms with Crippen molar-refractivity contribution in [1.29, 1.82) is 0 Å². The molecule has 0 N–H and O–H groups in total. The summed E-state index contributed by atoms with van der Waals surface area (Å²) >= 11 is 6.09. The Labute approximate surface area is 135 Å². The molecule has 0 atom stereocenters. The Morgan fingerprint density at radius 3 is 2.68 bits per heavy atom. The summed E-state index contributed by atoms with van der Waals surface area (Å²) in [4.78, 5) is 25.7. The van der Waals surface area contributed by atoms with Crippen molar-refractivity contribution in [2.45, 2.75) is 27.2 Å². The molecule has 0 unspecified atom stereocenters. The van der Waals surface area contributed by atoms with Crippen molar-refractivity contribution in [2.24, 2.45) is 0 Å². The van der Waals surface area contributed by atoms with E-state index in [9.17, 15) is 9.59 Å². The zero-order chi connectivity index (χ0) is 16.3. The zero-order valence-corrected chi connectivity index (χ0v) is 13.6. The Bertz CT molecular complexity index is 672. The summed E-state index contributed by atoms with van der Waals surface area (Å²) in [6.07, 6.45) is 3.85. The molecule has 1 heterocycles. The van der Waals surface area contributed by atoms with Crippen LogP contribution >= 0.6 is 11.6 Å². The lowest BCUT2D eigenvalue weighted by molar-refractivity contribution is -0.120. The minimum Gasteiger partial charge on any atom is -0.488 e. The molecule has 1 aromatic rings. The number of ether oxygens (including phenoxy) is 1. The van der Waals surface area contributed by atoms with Crippen LogP contribution in [0.5, 0.6) is 5.75 Å². The average Bonchev–Trinajstić information content (AvgIpc) is 2.77. The van der Waals surface area contributed by atoms with E-state index in [0.717, 1.165) is 5.57 Å². The van der Waals surface area contributed by atoms with Gasteiger partial charge in [0.2, 0.25) is 5.91 Å². The summed E-state index contributed by atoms with van der Waals surface area (Å²) in [6.45, 7) is 5.93. The largest absolute Gasteiger partial charge is 0.488 e. The van der Waals surface area contributed by atoms with E-state index in [4.69, 9.17) is 16.3 Å². The maximum atomic E-state index is 12.4. The van der Waals surface area contributed by atoms with Gasteiger partial charge < -0.3 is 4.74 Å². The van der Waals surface area contributed by atoms with Gasteiger partial charge >= 0.3 is 0 Å². The third-order valence-electron chi connectivity index (χ3n) is 3.39. The molecule has 0 saturated carbocycles. The average molecular weight is 320 g/mol. The van der Waals surface area contributed by atoms with E-state index >= 15 is 0 Å². The van der Waals surface area contributed by atoms with Crippen LogP contribution in [-0.2, 0) is 9.59 Å². The van der Waals surface area contributed by atoms with Gasteiger partial charge in [0.05, 0.1) is 17.1 Å². The molecule has 1 saturated heterocycles. The van der Waals surface area contributed by atoms with Gasteiger partial charge in [-0.2, -0.15) is 0 Å². The molecule has 1 aromatic carbocycles. The summed E-state index contributed by atoms with van der Waals surface area (Å²) < 4.78 is 5.54. The number of hydrogen-bond acceptors (Lipinski definition) is 3. The minimum atomic E-state index is -0.272. The quantitative estimate of drug-likeness (QED) is 0.480. The molecular formula is C17H18ClNO3. The van der Waals surface area contributed by atoms with Gasteiger partial charge in [-0.25, -0.2) is 4.90 Å². The number of allylic oxidation sites excluding steroid dienone is 2. The number of carbonyl (C=O) groups excluding carboxylic acids is 2. The molecule has 0 aliphatic carbocycles. The number of halogens is 1. The lowest BCUT2D eigenvalue weighted by Crippen LogP contribution is -2.29. The molecule has 1 fully saturated rings. The van der Waals surface area contributed by atoms with E-state index in [1.54, 1.807) is 18.2 Å².